The standard InChI is InChI=1S/C10H16F4O3/c11-9(12)10(13,14)6-17-5-8(15)7-1-3-16-4-2-7/h7-9,15H,1-6H2. The van der Waals surface area contributed by atoms with Gasteiger partial charge in [-0.2, -0.15) is 8.78 Å². The molecule has 0 amide bonds. The van der Waals surface area contributed by atoms with Crippen LogP contribution in [0.1, 0.15) is 12.8 Å². The van der Waals surface area contributed by atoms with E-state index in [1.54, 1.807) is 0 Å². The van der Waals surface area contributed by atoms with Gasteiger partial charge in [-0.15, -0.1) is 0 Å². The highest BCUT2D eigenvalue weighted by Crippen LogP contribution is 2.24. The molecule has 0 aromatic rings. The quantitative estimate of drug-likeness (QED) is 0.739. The van der Waals surface area contributed by atoms with Crippen molar-refractivity contribution in [2.24, 2.45) is 5.92 Å². The lowest BCUT2D eigenvalue weighted by Gasteiger charge is -2.27. The lowest BCUT2D eigenvalue weighted by molar-refractivity contribution is -0.173. The maximum absolute atomic E-state index is 12.5. The normalized spacial score (nSPS) is 20.8. The van der Waals surface area contributed by atoms with Crippen molar-refractivity contribution in [2.75, 3.05) is 26.4 Å². The van der Waals surface area contributed by atoms with Crippen LogP contribution < -0.4 is 0 Å². The van der Waals surface area contributed by atoms with E-state index in [2.05, 4.69) is 4.74 Å². The van der Waals surface area contributed by atoms with Crippen LogP contribution >= 0.6 is 0 Å². The van der Waals surface area contributed by atoms with Crippen molar-refractivity contribution in [1.82, 2.24) is 0 Å². The van der Waals surface area contributed by atoms with Gasteiger partial charge < -0.3 is 14.6 Å². The largest absolute Gasteiger partial charge is 0.390 e. The van der Waals surface area contributed by atoms with Crippen LogP contribution in [0.15, 0.2) is 0 Å². The average Bonchev–Trinajstić information content (AvgIpc) is 2.29. The first-order chi connectivity index (χ1) is 7.93. The molecule has 0 aliphatic carbocycles. The Morgan fingerprint density at radius 2 is 1.88 bits per heavy atom. The van der Waals surface area contributed by atoms with E-state index in [4.69, 9.17) is 4.74 Å². The van der Waals surface area contributed by atoms with Crippen molar-refractivity contribution in [2.45, 2.75) is 31.3 Å². The first-order valence-corrected chi connectivity index (χ1v) is 5.43. The van der Waals surface area contributed by atoms with Crippen LogP contribution in [-0.4, -0.2) is 50.0 Å². The van der Waals surface area contributed by atoms with Gasteiger partial charge in [0, 0.05) is 13.2 Å². The van der Waals surface area contributed by atoms with Crippen LogP contribution in [0.3, 0.4) is 0 Å². The molecule has 1 atom stereocenters. The summed E-state index contributed by atoms with van der Waals surface area (Å²) in [4.78, 5) is 0. The van der Waals surface area contributed by atoms with E-state index in [1.165, 1.54) is 0 Å². The molecule has 1 fully saturated rings. The van der Waals surface area contributed by atoms with E-state index in [0.29, 0.717) is 26.1 Å². The highest BCUT2D eigenvalue weighted by molar-refractivity contribution is 4.73. The molecule has 0 radical (unpaired) electrons. The second-order valence-corrected chi connectivity index (χ2v) is 4.09. The van der Waals surface area contributed by atoms with Gasteiger partial charge >= 0.3 is 12.3 Å². The molecule has 0 aromatic heterocycles. The Bertz CT molecular complexity index is 220. The molecule has 1 aliphatic rings. The maximum Gasteiger partial charge on any atom is 0.330 e. The predicted molar refractivity (Wildman–Crippen MR) is 51.3 cm³/mol. The number of hydrogen-bond donors (Lipinski definition) is 1. The minimum atomic E-state index is -4.16. The summed E-state index contributed by atoms with van der Waals surface area (Å²) in [7, 11) is 0. The molecule has 0 aromatic carbocycles. The second kappa shape index (κ2) is 6.51. The number of aliphatic hydroxyl groups excluding tert-OH is 1. The molecule has 102 valence electrons. The summed E-state index contributed by atoms with van der Waals surface area (Å²) >= 11 is 0. The molecule has 1 rings (SSSR count). The van der Waals surface area contributed by atoms with Gasteiger partial charge in [0.25, 0.3) is 0 Å². The van der Waals surface area contributed by atoms with Crippen molar-refractivity contribution in [3.05, 3.63) is 0 Å². The van der Waals surface area contributed by atoms with Gasteiger partial charge in [-0.1, -0.05) is 0 Å². The first kappa shape index (κ1) is 14.7. The molecule has 17 heavy (non-hydrogen) atoms. The van der Waals surface area contributed by atoms with E-state index in [-0.39, 0.29) is 12.5 Å². The van der Waals surface area contributed by atoms with Crippen molar-refractivity contribution in [3.63, 3.8) is 0 Å². The van der Waals surface area contributed by atoms with Crippen molar-refractivity contribution in [3.8, 4) is 0 Å². The summed E-state index contributed by atoms with van der Waals surface area (Å²) < 4.78 is 58.0. The summed E-state index contributed by atoms with van der Waals surface area (Å²) in [5.74, 6) is -4.24. The molecule has 1 N–H and O–H groups in total. The Morgan fingerprint density at radius 3 is 2.41 bits per heavy atom. The van der Waals surface area contributed by atoms with Crippen molar-refractivity contribution in [1.29, 1.82) is 0 Å². The minimum absolute atomic E-state index is 0.0797. The summed E-state index contributed by atoms with van der Waals surface area (Å²) in [5, 5.41) is 9.60. The third-order valence-electron chi connectivity index (χ3n) is 2.71. The first-order valence-electron chi connectivity index (χ1n) is 5.43. The molecular weight excluding hydrogens is 244 g/mol. The summed E-state index contributed by atoms with van der Waals surface area (Å²) in [5.41, 5.74) is 0. The van der Waals surface area contributed by atoms with Crippen LogP contribution in [-0.2, 0) is 9.47 Å². The third-order valence-corrected chi connectivity index (χ3v) is 2.71. The smallest absolute Gasteiger partial charge is 0.330 e. The zero-order chi connectivity index (χ0) is 12.9. The molecule has 1 unspecified atom stereocenters. The Kier molecular flexibility index (Phi) is 5.61. The molecule has 7 heteroatoms. The van der Waals surface area contributed by atoms with E-state index in [9.17, 15) is 22.7 Å². The van der Waals surface area contributed by atoms with Gasteiger partial charge in [-0.05, 0) is 18.8 Å². The fourth-order valence-corrected chi connectivity index (χ4v) is 1.62. The fourth-order valence-electron chi connectivity index (χ4n) is 1.62. The van der Waals surface area contributed by atoms with Crippen LogP contribution in [0.25, 0.3) is 0 Å². The number of ether oxygens (including phenoxy) is 2. The molecule has 1 saturated heterocycles. The zero-order valence-corrected chi connectivity index (χ0v) is 9.25. The number of aliphatic hydroxyl groups is 1. The van der Waals surface area contributed by atoms with Gasteiger partial charge in [0.15, 0.2) is 0 Å². The molecule has 0 bridgehead atoms. The minimum Gasteiger partial charge on any atom is -0.390 e. The molecule has 0 spiro atoms. The van der Waals surface area contributed by atoms with Crippen LogP contribution in [0.4, 0.5) is 17.6 Å². The van der Waals surface area contributed by atoms with Crippen LogP contribution in [0.2, 0.25) is 0 Å². The van der Waals surface area contributed by atoms with Gasteiger partial charge in [-0.3, -0.25) is 0 Å². The topological polar surface area (TPSA) is 38.7 Å². The lowest BCUT2D eigenvalue weighted by Crippen LogP contribution is -2.36. The molecule has 0 saturated carbocycles. The molecule has 1 aliphatic heterocycles. The maximum atomic E-state index is 12.5. The van der Waals surface area contributed by atoms with E-state index in [0.717, 1.165) is 0 Å². The molecule has 3 nitrogen and oxygen atoms in total. The Balaban J connectivity index is 2.21. The highest BCUT2D eigenvalue weighted by Gasteiger charge is 2.41. The highest BCUT2D eigenvalue weighted by atomic mass is 19.3. The lowest BCUT2D eigenvalue weighted by atomic mass is 9.94. The fraction of sp³-hybridized carbons (Fsp3) is 1.00. The Hall–Kier alpha value is -0.400. The predicted octanol–water partition coefficient (Wildman–Crippen LogP) is 1.69. The van der Waals surface area contributed by atoms with Crippen molar-refractivity contribution >= 4 is 0 Å². The molecular formula is C10H16F4O3. The van der Waals surface area contributed by atoms with Gasteiger partial charge in [0.2, 0.25) is 0 Å². The SMILES string of the molecule is OC(COCC(F)(F)C(F)F)C1CCOCC1. The van der Waals surface area contributed by atoms with Crippen molar-refractivity contribution < 1.29 is 32.1 Å². The number of halogens is 4. The Labute approximate surface area is 96.7 Å². The van der Waals surface area contributed by atoms with Crippen LogP contribution in [0.5, 0.6) is 0 Å². The second-order valence-electron chi connectivity index (χ2n) is 4.09. The molecule has 1 heterocycles. The summed E-state index contributed by atoms with van der Waals surface area (Å²) in [6, 6.07) is 0. The third kappa shape index (κ3) is 4.77. The Morgan fingerprint density at radius 1 is 1.29 bits per heavy atom. The summed E-state index contributed by atoms with van der Waals surface area (Å²) in [6.07, 6.45) is -3.42. The van der Waals surface area contributed by atoms with E-state index >= 15 is 0 Å². The van der Waals surface area contributed by atoms with E-state index < -0.39 is 25.1 Å². The number of rotatable bonds is 6. The zero-order valence-electron chi connectivity index (χ0n) is 9.25. The average molecular weight is 260 g/mol. The van der Waals surface area contributed by atoms with E-state index in [1.807, 2.05) is 0 Å². The van der Waals surface area contributed by atoms with Gasteiger partial charge in [-0.25, -0.2) is 8.78 Å². The van der Waals surface area contributed by atoms with Gasteiger partial charge in [0.05, 0.1) is 12.7 Å². The van der Waals surface area contributed by atoms with Crippen LogP contribution in [0, 0.1) is 5.92 Å². The number of hydrogen-bond acceptors (Lipinski definition) is 3. The van der Waals surface area contributed by atoms with Gasteiger partial charge in [0.1, 0.15) is 6.61 Å². The summed E-state index contributed by atoms with van der Waals surface area (Å²) in [6.45, 7) is -0.707. The number of alkyl halides is 4. The monoisotopic (exact) mass is 260 g/mol.